The van der Waals surface area contributed by atoms with E-state index in [0.717, 1.165) is 19.0 Å². The van der Waals surface area contributed by atoms with Crippen LogP contribution in [0.5, 0.6) is 0 Å². The monoisotopic (exact) mass is 447 g/mol. The van der Waals surface area contributed by atoms with E-state index in [1.807, 2.05) is 6.92 Å². The van der Waals surface area contributed by atoms with Gasteiger partial charge in [0.25, 0.3) is 0 Å². The van der Waals surface area contributed by atoms with Gasteiger partial charge in [0.05, 0.1) is 6.54 Å². The van der Waals surface area contributed by atoms with E-state index in [-0.39, 0.29) is 24.0 Å². The van der Waals surface area contributed by atoms with Crippen LogP contribution in [0.25, 0.3) is 0 Å². The summed E-state index contributed by atoms with van der Waals surface area (Å²) < 4.78 is 5.16. The largest absolute Gasteiger partial charge is 0.357 e. The Bertz CT molecular complexity index is 539. The molecule has 7 heteroatoms. The summed E-state index contributed by atoms with van der Waals surface area (Å²) in [7, 11) is 0. The van der Waals surface area contributed by atoms with Gasteiger partial charge in [0.2, 0.25) is 5.89 Å². The molecule has 6 nitrogen and oxygen atoms in total. The number of halogens is 1. The molecule has 0 unspecified atom stereocenters. The Morgan fingerprint density at radius 1 is 1.29 bits per heavy atom. The van der Waals surface area contributed by atoms with Gasteiger partial charge in [0.15, 0.2) is 11.8 Å². The highest BCUT2D eigenvalue weighted by atomic mass is 127. The summed E-state index contributed by atoms with van der Waals surface area (Å²) in [6, 6.07) is 0. The zero-order chi connectivity index (χ0) is 16.1. The molecular formula is C17H30IN5O. The molecule has 24 heavy (non-hydrogen) atoms. The van der Waals surface area contributed by atoms with Gasteiger partial charge in [-0.05, 0) is 38.5 Å². The lowest BCUT2D eigenvalue weighted by Gasteiger charge is -2.33. The first kappa shape index (κ1) is 19.5. The summed E-state index contributed by atoms with van der Waals surface area (Å²) in [6.07, 6.45) is 9.03. The van der Waals surface area contributed by atoms with Crippen molar-refractivity contribution in [2.45, 2.75) is 58.8 Å². The Hall–Kier alpha value is -0.860. The maximum Gasteiger partial charge on any atom is 0.228 e. The predicted molar refractivity (Wildman–Crippen MR) is 106 cm³/mol. The van der Waals surface area contributed by atoms with E-state index < -0.39 is 0 Å². The molecule has 2 fully saturated rings. The third-order valence-corrected chi connectivity index (χ3v) is 5.14. The minimum absolute atomic E-state index is 0. The molecule has 0 bridgehead atoms. The van der Waals surface area contributed by atoms with Crippen molar-refractivity contribution in [3.63, 3.8) is 0 Å². The van der Waals surface area contributed by atoms with Gasteiger partial charge in [0.1, 0.15) is 0 Å². The first-order valence-corrected chi connectivity index (χ1v) is 9.03. The third-order valence-electron chi connectivity index (χ3n) is 5.14. The smallest absolute Gasteiger partial charge is 0.228 e. The summed E-state index contributed by atoms with van der Waals surface area (Å²) in [5, 5.41) is 7.27. The van der Waals surface area contributed by atoms with Gasteiger partial charge in [-0.25, -0.2) is 0 Å². The third kappa shape index (κ3) is 4.83. The number of aryl methyl sites for hydroxylation is 1. The topological polar surface area (TPSA) is 66.5 Å². The molecule has 2 aliphatic rings. The molecule has 0 atom stereocenters. The molecule has 1 aliphatic carbocycles. The Morgan fingerprint density at radius 3 is 2.75 bits per heavy atom. The van der Waals surface area contributed by atoms with E-state index in [2.05, 4.69) is 27.3 Å². The standard InChI is InChI=1S/C17H29N5O.HI/c1-3-18-16(19-11-7-15-20-14(2)21-23-15)22-12-10-17(13-22)8-5-4-6-9-17;/h3-13H2,1-2H3,(H,18,19);1H. The molecule has 2 heterocycles. The van der Waals surface area contributed by atoms with Crippen molar-refractivity contribution in [2.24, 2.45) is 10.4 Å². The summed E-state index contributed by atoms with van der Waals surface area (Å²) >= 11 is 0. The van der Waals surface area contributed by atoms with Crippen molar-refractivity contribution >= 4 is 29.9 Å². The van der Waals surface area contributed by atoms with Crippen molar-refractivity contribution in [2.75, 3.05) is 26.2 Å². The van der Waals surface area contributed by atoms with Gasteiger partial charge in [-0.2, -0.15) is 4.98 Å². The SMILES string of the molecule is CCNC(=NCCc1nc(C)no1)N1CCC2(CCCCC2)C1.I. The Labute approximate surface area is 161 Å². The van der Waals surface area contributed by atoms with E-state index in [9.17, 15) is 0 Å². The number of aliphatic imine (C=N–C) groups is 1. The van der Waals surface area contributed by atoms with Crippen LogP contribution in [0.15, 0.2) is 9.52 Å². The molecule has 136 valence electrons. The van der Waals surface area contributed by atoms with Gasteiger partial charge >= 0.3 is 0 Å². The number of hydrogen-bond donors (Lipinski definition) is 1. The van der Waals surface area contributed by atoms with Crippen molar-refractivity contribution in [3.8, 4) is 0 Å². The molecule has 1 saturated carbocycles. The van der Waals surface area contributed by atoms with Crippen LogP contribution in [0.3, 0.4) is 0 Å². The number of aromatic nitrogens is 2. The van der Waals surface area contributed by atoms with Crippen LogP contribution >= 0.6 is 24.0 Å². The minimum atomic E-state index is 0. The average molecular weight is 447 g/mol. The van der Waals surface area contributed by atoms with Crippen LogP contribution < -0.4 is 5.32 Å². The van der Waals surface area contributed by atoms with Crippen molar-refractivity contribution in [1.29, 1.82) is 0 Å². The highest BCUT2D eigenvalue weighted by Crippen LogP contribution is 2.43. The normalized spacial score (nSPS) is 20.2. The zero-order valence-corrected chi connectivity index (χ0v) is 17.2. The second-order valence-electron chi connectivity index (χ2n) is 6.95. The van der Waals surface area contributed by atoms with Crippen molar-refractivity contribution < 1.29 is 4.52 Å². The fourth-order valence-electron chi connectivity index (χ4n) is 3.95. The number of guanidine groups is 1. The van der Waals surface area contributed by atoms with Gasteiger partial charge in [-0.1, -0.05) is 24.4 Å². The summed E-state index contributed by atoms with van der Waals surface area (Å²) in [6.45, 7) is 7.86. The summed E-state index contributed by atoms with van der Waals surface area (Å²) in [4.78, 5) is 11.5. The van der Waals surface area contributed by atoms with E-state index in [4.69, 9.17) is 9.52 Å². The molecule has 1 spiro atoms. The lowest BCUT2D eigenvalue weighted by Crippen LogP contribution is -2.41. The maximum absolute atomic E-state index is 5.16. The molecule has 1 aromatic rings. The van der Waals surface area contributed by atoms with E-state index in [1.54, 1.807) is 0 Å². The fraction of sp³-hybridized carbons (Fsp3) is 0.824. The van der Waals surface area contributed by atoms with Crippen LogP contribution in [0.1, 0.15) is 57.2 Å². The second kappa shape index (κ2) is 9.01. The maximum atomic E-state index is 5.16. The first-order chi connectivity index (χ1) is 11.2. The van der Waals surface area contributed by atoms with Gasteiger partial charge in [-0.15, -0.1) is 24.0 Å². The predicted octanol–water partition coefficient (Wildman–Crippen LogP) is 3.16. The number of hydrogen-bond acceptors (Lipinski definition) is 4. The quantitative estimate of drug-likeness (QED) is 0.437. The van der Waals surface area contributed by atoms with Gasteiger partial charge in [0, 0.05) is 26.1 Å². The van der Waals surface area contributed by atoms with Crippen LogP contribution in [-0.4, -0.2) is 47.2 Å². The molecule has 3 rings (SSSR count). The molecule has 0 radical (unpaired) electrons. The van der Waals surface area contributed by atoms with E-state index in [1.165, 1.54) is 45.1 Å². The lowest BCUT2D eigenvalue weighted by atomic mass is 9.73. The molecule has 1 N–H and O–H groups in total. The minimum Gasteiger partial charge on any atom is -0.357 e. The summed E-state index contributed by atoms with van der Waals surface area (Å²) in [5.41, 5.74) is 0.554. The highest BCUT2D eigenvalue weighted by molar-refractivity contribution is 14.0. The van der Waals surface area contributed by atoms with Crippen LogP contribution in [0, 0.1) is 12.3 Å². The van der Waals surface area contributed by atoms with Crippen LogP contribution in [0.2, 0.25) is 0 Å². The van der Waals surface area contributed by atoms with Gasteiger partial charge < -0.3 is 14.7 Å². The zero-order valence-electron chi connectivity index (χ0n) is 14.9. The first-order valence-electron chi connectivity index (χ1n) is 9.03. The highest BCUT2D eigenvalue weighted by Gasteiger charge is 2.39. The number of nitrogens with one attached hydrogen (secondary N) is 1. The number of likely N-dealkylation sites (tertiary alicyclic amines) is 1. The molecule has 1 saturated heterocycles. The van der Waals surface area contributed by atoms with E-state index >= 15 is 0 Å². The number of rotatable bonds is 4. The fourth-order valence-corrected chi connectivity index (χ4v) is 3.95. The molecule has 0 aromatic carbocycles. The summed E-state index contributed by atoms with van der Waals surface area (Å²) in [5.74, 6) is 2.41. The molecule has 1 aliphatic heterocycles. The Balaban J connectivity index is 0.00000208. The number of nitrogens with zero attached hydrogens (tertiary/aromatic N) is 4. The van der Waals surface area contributed by atoms with Crippen molar-refractivity contribution in [3.05, 3.63) is 11.7 Å². The van der Waals surface area contributed by atoms with Gasteiger partial charge in [-0.3, -0.25) is 4.99 Å². The molecule has 0 amide bonds. The average Bonchev–Trinajstić information content (AvgIpc) is 3.14. The van der Waals surface area contributed by atoms with Crippen molar-refractivity contribution in [1.82, 2.24) is 20.4 Å². The Morgan fingerprint density at radius 2 is 2.08 bits per heavy atom. The second-order valence-corrected chi connectivity index (χ2v) is 6.95. The van der Waals surface area contributed by atoms with E-state index in [0.29, 0.717) is 30.1 Å². The molecule has 1 aromatic heterocycles. The lowest BCUT2D eigenvalue weighted by molar-refractivity contribution is 0.203. The van der Waals surface area contributed by atoms with Crippen LogP contribution in [-0.2, 0) is 6.42 Å². The molecular weight excluding hydrogens is 417 g/mol. The van der Waals surface area contributed by atoms with Crippen LogP contribution in [0.4, 0.5) is 0 Å². The Kier molecular flexibility index (Phi) is 7.31.